The second kappa shape index (κ2) is 7.08. The van der Waals surface area contributed by atoms with Crippen LogP contribution in [0.5, 0.6) is 5.75 Å². The molecule has 0 aliphatic carbocycles. The molecule has 1 fully saturated rings. The molecule has 1 aliphatic heterocycles. The number of halogens is 2. The van der Waals surface area contributed by atoms with Crippen LogP contribution in [-0.2, 0) is 4.74 Å². The van der Waals surface area contributed by atoms with Gasteiger partial charge in [0.2, 0.25) is 0 Å². The Balaban J connectivity index is 2.08. The number of rotatable bonds is 5. The van der Waals surface area contributed by atoms with Gasteiger partial charge in [0, 0.05) is 0 Å². The third kappa shape index (κ3) is 4.25. The number of hydrogen-bond donors (Lipinski definition) is 0. The minimum atomic E-state index is -3.13. The van der Waals surface area contributed by atoms with E-state index in [1.807, 2.05) is 24.3 Å². The van der Waals surface area contributed by atoms with Crippen molar-refractivity contribution in [2.45, 2.75) is 50.8 Å². The first-order chi connectivity index (χ1) is 10.2. The molecule has 0 amide bonds. The van der Waals surface area contributed by atoms with Crippen LogP contribution in [-0.4, -0.2) is 35.3 Å². The van der Waals surface area contributed by atoms with Crippen LogP contribution < -0.4 is 8.35 Å². The molecule has 126 valence electrons. The molecule has 0 radical (unpaired) electrons. The molecule has 0 bridgehead atoms. The van der Waals surface area contributed by atoms with E-state index in [0.29, 0.717) is 5.92 Å². The average Bonchev–Trinajstić information content (AvgIpc) is 2.73. The zero-order valence-electron chi connectivity index (χ0n) is 13.9. The van der Waals surface area contributed by atoms with E-state index in [1.165, 1.54) is 0 Å². The summed E-state index contributed by atoms with van der Waals surface area (Å²) < 4.78 is 13.3. The first-order valence-corrected chi connectivity index (χ1v) is 16.4. The van der Waals surface area contributed by atoms with Gasteiger partial charge >= 0.3 is 146 Å². The molecule has 1 aromatic carbocycles. The van der Waals surface area contributed by atoms with Crippen LogP contribution in [0, 0.1) is 11.3 Å². The fraction of sp³-hybridized carbons (Fsp3) is 0.647. The van der Waals surface area contributed by atoms with Gasteiger partial charge in [0.15, 0.2) is 0 Å². The van der Waals surface area contributed by atoms with Crippen LogP contribution >= 0.6 is 17.9 Å². The van der Waals surface area contributed by atoms with Gasteiger partial charge in [-0.3, -0.25) is 0 Å². The van der Waals surface area contributed by atoms with Crippen LogP contribution in [0.4, 0.5) is 0 Å². The maximum absolute atomic E-state index is 6.79. The van der Waals surface area contributed by atoms with Crippen molar-refractivity contribution in [3.8, 4) is 5.75 Å². The van der Waals surface area contributed by atoms with E-state index in [2.05, 4.69) is 27.7 Å². The van der Waals surface area contributed by atoms with Crippen molar-refractivity contribution in [2.75, 3.05) is 7.11 Å². The second-order valence-electron chi connectivity index (χ2n) is 7.03. The number of benzene rings is 1. The number of hydrogen-bond acceptors (Lipinski definition) is 2. The van der Waals surface area contributed by atoms with E-state index in [1.54, 1.807) is 7.11 Å². The zero-order valence-corrected chi connectivity index (χ0v) is 17.8. The number of methoxy groups -OCH3 is 1. The molecule has 1 aliphatic rings. The molecule has 22 heavy (non-hydrogen) atoms. The van der Waals surface area contributed by atoms with E-state index in [-0.39, 0.29) is 17.6 Å². The Labute approximate surface area is 145 Å². The van der Waals surface area contributed by atoms with Crippen LogP contribution in [0.3, 0.4) is 0 Å². The van der Waals surface area contributed by atoms with E-state index in [4.69, 9.17) is 27.4 Å². The zero-order chi connectivity index (χ0) is 16.5. The molecule has 1 aromatic rings. The Morgan fingerprint density at radius 3 is 2.32 bits per heavy atom. The van der Waals surface area contributed by atoms with Gasteiger partial charge < -0.3 is 0 Å². The van der Waals surface area contributed by atoms with Gasteiger partial charge in [-0.2, -0.15) is 0 Å². The van der Waals surface area contributed by atoms with E-state index >= 15 is 0 Å². The molecule has 0 saturated carbocycles. The molecule has 1 heterocycles. The summed E-state index contributed by atoms with van der Waals surface area (Å²) >= 11 is -3.13. The van der Waals surface area contributed by atoms with Gasteiger partial charge in [0.1, 0.15) is 0 Å². The monoisotopic (exact) mass is 462 g/mol. The molecule has 2 nitrogen and oxygen atoms in total. The Morgan fingerprint density at radius 2 is 1.86 bits per heavy atom. The van der Waals surface area contributed by atoms with E-state index < -0.39 is 15.9 Å². The topological polar surface area (TPSA) is 18.5 Å². The Bertz CT molecular complexity index is 500. The summed E-state index contributed by atoms with van der Waals surface area (Å²) in [7, 11) is 15.2. The van der Waals surface area contributed by atoms with Crippen molar-refractivity contribution in [2.24, 2.45) is 11.3 Å². The van der Waals surface area contributed by atoms with Crippen LogP contribution in [0.2, 0.25) is 4.47 Å². The fourth-order valence-corrected chi connectivity index (χ4v) is 10.6. The molecular formula is C17H26Cl2O2Te. The minimum absolute atomic E-state index is 0.167. The van der Waals surface area contributed by atoms with Gasteiger partial charge in [0.25, 0.3) is 0 Å². The first kappa shape index (κ1) is 18.7. The van der Waals surface area contributed by atoms with Crippen molar-refractivity contribution in [3.05, 3.63) is 24.3 Å². The molecule has 0 N–H and O–H groups in total. The summed E-state index contributed by atoms with van der Waals surface area (Å²) in [6, 6.07) is 7.86. The predicted octanol–water partition coefficient (Wildman–Crippen LogP) is 4.66. The predicted molar refractivity (Wildman–Crippen MR) is 96.8 cm³/mol. The van der Waals surface area contributed by atoms with Gasteiger partial charge in [0.05, 0.1) is 0 Å². The van der Waals surface area contributed by atoms with Gasteiger partial charge in [-0.05, 0) is 0 Å². The summed E-state index contributed by atoms with van der Waals surface area (Å²) in [6.45, 7) is 8.99. The van der Waals surface area contributed by atoms with Crippen LogP contribution in [0.25, 0.3) is 0 Å². The van der Waals surface area contributed by atoms with Gasteiger partial charge in [-0.15, -0.1) is 0 Å². The Kier molecular flexibility index (Phi) is 6.01. The van der Waals surface area contributed by atoms with Gasteiger partial charge in [-0.25, -0.2) is 0 Å². The van der Waals surface area contributed by atoms with Crippen LogP contribution in [0.15, 0.2) is 24.3 Å². The molecule has 0 aromatic heterocycles. The average molecular weight is 461 g/mol. The van der Waals surface area contributed by atoms with Crippen LogP contribution in [0.1, 0.15) is 34.1 Å². The summed E-state index contributed by atoms with van der Waals surface area (Å²) in [5, 5.41) is 0. The maximum atomic E-state index is 6.79. The quantitative estimate of drug-likeness (QED) is 0.595. The third-order valence-corrected chi connectivity index (χ3v) is 13.3. The fourth-order valence-electron chi connectivity index (χ4n) is 3.40. The summed E-state index contributed by atoms with van der Waals surface area (Å²) in [5.74, 6) is 1.34. The SMILES string of the molecule is COc1ccc([Te](Cl)(Cl)CC2CC(C)(C)C(C(C)C)O2)cc1. The molecule has 2 rings (SSSR count). The molecule has 5 heteroatoms. The molecule has 1 saturated heterocycles. The molecular weight excluding hydrogens is 435 g/mol. The standard InChI is InChI=1S/C17H26Cl2O2Te/c1-12(2)16-17(3,4)10-14(21-16)11-22(18,19)15-8-6-13(20-5)7-9-15/h6-9,12,14,16H,10-11H2,1-5H3. The van der Waals surface area contributed by atoms with Crippen molar-refractivity contribution in [1.82, 2.24) is 0 Å². The molecule has 2 atom stereocenters. The Hall–Kier alpha value is 0.350. The molecule has 0 spiro atoms. The van der Waals surface area contributed by atoms with Crippen molar-refractivity contribution >= 4 is 37.5 Å². The van der Waals surface area contributed by atoms with E-state index in [0.717, 1.165) is 20.3 Å². The van der Waals surface area contributed by atoms with Gasteiger partial charge in [-0.1, -0.05) is 0 Å². The van der Waals surface area contributed by atoms with Crippen molar-refractivity contribution in [3.63, 3.8) is 0 Å². The Morgan fingerprint density at radius 1 is 1.27 bits per heavy atom. The van der Waals surface area contributed by atoms with Crippen molar-refractivity contribution in [1.29, 1.82) is 0 Å². The third-order valence-electron chi connectivity index (χ3n) is 4.27. The summed E-state index contributed by atoms with van der Waals surface area (Å²) in [5.41, 5.74) is 0.186. The normalized spacial score (nSPS) is 25.5. The van der Waals surface area contributed by atoms with E-state index in [9.17, 15) is 0 Å². The summed E-state index contributed by atoms with van der Waals surface area (Å²) in [6.07, 6.45) is 1.47. The second-order valence-corrected chi connectivity index (χ2v) is 20.7. The number of ether oxygens (including phenoxy) is 2. The first-order valence-electron chi connectivity index (χ1n) is 7.65. The summed E-state index contributed by atoms with van der Waals surface area (Å²) in [4.78, 5) is 0. The van der Waals surface area contributed by atoms with Crippen molar-refractivity contribution < 1.29 is 9.47 Å². The molecule has 2 unspecified atom stereocenters.